The molecule has 0 saturated heterocycles. The van der Waals surface area contributed by atoms with Crippen LogP contribution in [-0.4, -0.2) is 18.1 Å². The van der Waals surface area contributed by atoms with E-state index in [9.17, 15) is 9.90 Å². The molecule has 0 aliphatic rings. The summed E-state index contributed by atoms with van der Waals surface area (Å²) in [5.41, 5.74) is 8.24. The Kier molecular flexibility index (Phi) is 4.29. The number of carbonyl (C=O) groups is 1. The summed E-state index contributed by atoms with van der Waals surface area (Å²) in [5, 5.41) is 9.24. The smallest absolute Gasteiger partial charge is 0.337 e. The van der Waals surface area contributed by atoms with Crippen LogP contribution in [0.4, 0.5) is 11.4 Å². The van der Waals surface area contributed by atoms with Crippen molar-refractivity contribution >= 4 is 33.3 Å². The highest BCUT2D eigenvalue weighted by atomic mass is 79.9. The lowest BCUT2D eigenvalue weighted by molar-refractivity contribution is 0.0697. The molecule has 0 unspecified atom stereocenters. The van der Waals surface area contributed by atoms with Crippen LogP contribution in [-0.2, 0) is 6.54 Å². The third-order valence-corrected chi connectivity index (χ3v) is 3.47. The van der Waals surface area contributed by atoms with Gasteiger partial charge in [0.2, 0.25) is 0 Å². The van der Waals surface area contributed by atoms with E-state index in [1.807, 2.05) is 36.2 Å². The van der Waals surface area contributed by atoms with Gasteiger partial charge in [0.1, 0.15) is 0 Å². The number of carboxylic acids is 1. The molecule has 0 radical (unpaired) electrons. The highest BCUT2D eigenvalue weighted by Gasteiger charge is 2.14. The fourth-order valence-electron chi connectivity index (χ4n) is 2.04. The lowest BCUT2D eigenvalue weighted by atomic mass is 10.1. The van der Waals surface area contributed by atoms with Gasteiger partial charge in [-0.2, -0.15) is 0 Å². The average molecular weight is 335 g/mol. The molecule has 3 N–H and O–H groups in total. The first kappa shape index (κ1) is 14.4. The first-order chi connectivity index (χ1) is 9.47. The second-order valence-corrected chi connectivity index (χ2v) is 5.48. The largest absolute Gasteiger partial charge is 0.478 e. The number of anilines is 2. The standard InChI is InChI=1S/C15H15BrN2O2/c1-18(9-10-3-2-4-11(16)7-10)14-8-12(17)5-6-13(14)15(19)20/h2-8H,9,17H2,1H3,(H,19,20). The summed E-state index contributed by atoms with van der Waals surface area (Å²) >= 11 is 3.42. The Morgan fingerprint density at radius 1 is 1.30 bits per heavy atom. The van der Waals surface area contributed by atoms with Crippen LogP contribution in [0.3, 0.4) is 0 Å². The van der Waals surface area contributed by atoms with Crippen molar-refractivity contribution in [2.24, 2.45) is 0 Å². The normalized spacial score (nSPS) is 10.3. The summed E-state index contributed by atoms with van der Waals surface area (Å²) in [5.74, 6) is -0.957. The summed E-state index contributed by atoms with van der Waals surface area (Å²) in [6, 6.07) is 12.7. The van der Waals surface area contributed by atoms with Crippen molar-refractivity contribution in [2.45, 2.75) is 6.54 Å². The van der Waals surface area contributed by atoms with E-state index in [0.717, 1.165) is 10.0 Å². The minimum atomic E-state index is -0.957. The van der Waals surface area contributed by atoms with E-state index >= 15 is 0 Å². The Labute approximate surface area is 126 Å². The average Bonchev–Trinajstić information content (AvgIpc) is 2.38. The molecule has 0 fully saturated rings. The zero-order valence-electron chi connectivity index (χ0n) is 11.0. The van der Waals surface area contributed by atoms with Crippen LogP contribution in [0.2, 0.25) is 0 Å². The topological polar surface area (TPSA) is 66.6 Å². The summed E-state index contributed by atoms with van der Waals surface area (Å²) in [4.78, 5) is 13.1. The maximum absolute atomic E-state index is 11.3. The van der Waals surface area contributed by atoms with E-state index in [0.29, 0.717) is 17.9 Å². The Morgan fingerprint density at radius 3 is 2.70 bits per heavy atom. The van der Waals surface area contributed by atoms with Crippen molar-refractivity contribution in [3.05, 3.63) is 58.1 Å². The molecule has 0 amide bonds. The highest BCUT2D eigenvalue weighted by Crippen LogP contribution is 2.24. The lowest BCUT2D eigenvalue weighted by Gasteiger charge is -2.22. The van der Waals surface area contributed by atoms with Crippen molar-refractivity contribution < 1.29 is 9.90 Å². The molecule has 2 rings (SSSR count). The quantitative estimate of drug-likeness (QED) is 0.841. The van der Waals surface area contributed by atoms with Gasteiger partial charge < -0.3 is 15.7 Å². The van der Waals surface area contributed by atoms with Gasteiger partial charge in [-0.3, -0.25) is 0 Å². The third kappa shape index (κ3) is 3.30. The van der Waals surface area contributed by atoms with Crippen molar-refractivity contribution in [2.75, 3.05) is 17.7 Å². The minimum absolute atomic E-state index is 0.247. The van der Waals surface area contributed by atoms with E-state index in [2.05, 4.69) is 15.9 Å². The molecule has 20 heavy (non-hydrogen) atoms. The van der Waals surface area contributed by atoms with Gasteiger partial charge in [0.05, 0.1) is 11.3 Å². The Morgan fingerprint density at radius 2 is 2.05 bits per heavy atom. The van der Waals surface area contributed by atoms with Gasteiger partial charge in [-0.1, -0.05) is 28.1 Å². The summed E-state index contributed by atoms with van der Waals surface area (Å²) < 4.78 is 0.995. The number of halogens is 1. The molecule has 2 aromatic rings. The zero-order valence-corrected chi connectivity index (χ0v) is 12.6. The zero-order chi connectivity index (χ0) is 14.7. The molecule has 2 aromatic carbocycles. The molecular formula is C15H15BrN2O2. The van der Waals surface area contributed by atoms with Gasteiger partial charge in [-0.25, -0.2) is 4.79 Å². The number of carboxylic acid groups (broad SMARTS) is 1. The number of nitrogen functional groups attached to an aromatic ring is 1. The van der Waals surface area contributed by atoms with Gasteiger partial charge in [-0.15, -0.1) is 0 Å². The Hall–Kier alpha value is -2.01. The van der Waals surface area contributed by atoms with Gasteiger partial charge in [0.25, 0.3) is 0 Å². The van der Waals surface area contributed by atoms with Crippen LogP contribution in [0.1, 0.15) is 15.9 Å². The number of benzene rings is 2. The van der Waals surface area contributed by atoms with Crippen molar-refractivity contribution in [1.82, 2.24) is 0 Å². The van der Waals surface area contributed by atoms with E-state index in [1.54, 1.807) is 12.1 Å². The van der Waals surface area contributed by atoms with E-state index in [-0.39, 0.29) is 5.56 Å². The molecule has 4 nitrogen and oxygen atoms in total. The molecule has 0 aliphatic carbocycles. The number of nitrogens with zero attached hydrogens (tertiary/aromatic N) is 1. The predicted octanol–water partition coefficient (Wildman–Crippen LogP) is 3.37. The maximum Gasteiger partial charge on any atom is 0.337 e. The number of hydrogen-bond acceptors (Lipinski definition) is 3. The second-order valence-electron chi connectivity index (χ2n) is 4.57. The first-order valence-corrected chi connectivity index (χ1v) is 6.85. The predicted molar refractivity (Wildman–Crippen MR) is 84.1 cm³/mol. The molecule has 0 bridgehead atoms. The number of aromatic carboxylic acids is 1. The molecule has 0 spiro atoms. The Balaban J connectivity index is 2.31. The van der Waals surface area contributed by atoms with E-state index in [1.165, 1.54) is 6.07 Å². The van der Waals surface area contributed by atoms with Crippen LogP contribution < -0.4 is 10.6 Å². The van der Waals surface area contributed by atoms with E-state index < -0.39 is 5.97 Å². The number of hydrogen-bond donors (Lipinski definition) is 2. The minimum Gasteiger partial charge on any atom is -0.478 e. The van der Waals surface area contributed by atoms with Crippen LogP contribution in [0.25, 0.3) is 0 Å². The highest BCUT2D eigenvalue weighted by molar-refractivity contribution is 9.10. The van der Waals surface area contributed by atoms with Crippen LogP contribution in [0.5, 0.6) is 0 Å². The second kappa shape index (κ2) is 5.96. The summed E-state index contributed by atoms with van der Waals surface area (Å²) in [6.07, 6.45) is 0. The van der Waals surface area contributed by atoms with Crippen LogP contribution in [0.15, 0.2) is 46.9 Å². The first-order valence-electron chi connectivity index (χ1n) is 6.06. The molecule has 0 heterocycles. The fourth-order valence-corrected chi connectivity index (χ4v) is 2.49. The lowest BCUT2D eigenvalue weighted by Crippen LogP contribution is -2.19. The summed E-state index contributed by atoms with van der Waals surface area (Å²) in [7, 11) is 1.85. The Bertz CT molecular complexity index is 644. The van der Waals surface area contributed by atoms with Gasteiger partial charge in [0, 0.05) is 23.8 Å². The molecular weight excluding hydrogens is 320 g/mol. The fraction of sp³-hybridized carbons (Fsp3) is 0.133. The van der Waals surface area contributed by atoms with Crippen molar-refractivity contribution in [3.8, 4) is 0 Å². The molecule has 0 saturated carbocycles. The SMILES string of the molecule is CN(Cc1cccc(Br)c1)c1cc(N)ccc1C(=O)O. The van der Waals surface area contributed by atoms with Gasteiger partial charge in [0.15, 0.2) is 0 Å². The van der Waals surface area contributed by atoms with Crippen LogP contribution in [0, 0.1) is 0 Å². The van der Waals surface area contributed by atoms with Gasteiger partial charge in [-0.05, 0) is 35.9 Å². The monoisotopic (exact) mass is 334 g/mol. The summed E-state index contributed by atoms with van der Waals surface area (Å²) in [6.45, 7) is 0.600. The van der Waals surface area contributed by atoms with Crippen LogP contribution >= 0.6 is 15.9 Å². The van der Waals surface area contributed by atoms with Crippen molar-refractivity contribution in [1.29, 1.82) is 0 Å². The van der Waals surface area contributed by atoms with E-state index in [4.69, 9.17) is 5.73 Å². The molecule has 0 atom stereocenters. The molecule has 0 aliphatic heterocycles. The third-order valence-electron chi connectivity index (χ3n) is 2.97. The number of rotatable bonds is 4. The van der Waals surface area contributed by atoms with Gasteiger partial charge >= 0.3 is 5.97 Å². The molecule has 104 valence electrons. The maximum atomic E-state index is 11.3. The molecule has 0 aromatic heterocycles. The number of nitrogens with two attached hydrogens (primary N) is 1. The van der Waals surface area contributed by atoms with Crippen molar-refractivity contribution in [3.63, 3.8) is 0 Å². The molecule has 5 heteroatoms.